The lowest BCUT2D eigenvalue weighted by Crippen LogP contribution is -2.19. The van der Waals surface area contributed by atoms with E-state index >= 15 is 0 Å². The molecule has 1 aromatic carbocycles. The van der Waals surface area contributed by atoms with E-state index in [0.717, 1.165) is 18.9 Å². The molecule has 132 valence electrons. The standard InChI is InChI=1S/C20H18FN3O2/c21-16-6-2-1-5-15(16)17-8-9-18(26-17)20(25)23-14-7-10-19(22-13-14)24-11-3-4-12-24/h1-2,5-10,13H,3-4,11-12H2,(H,23,25). The minimum absolute atomic E-state index is 0.117. The second-order valence-electron chi connectivity index (χ2n) is 6.20. The van der Waals surface area contributed by atoms with Crippen LogP contribution < -0.4 is 10.2 Å². The van der Waals surface area contributed by atoms with Crippen molar-refractivity contribution < 1.29 is 13.6 Å². The first kappa shape index (κ1) is 16.3. The van der Waals surface area contributed by atoms with Gasteiger partial charge in [-0.05, 0) is 49.2 Å². The number of benzene rings is 1. The number of aromatic nitrogens is 1. The predicted molar refractivity (Wildman–Crippen MR) is 97.7 cm³/mol. The fraction of sp³-hybridized carbons (Fsp3) is 0.200. The summed E-state index contributed by atoms with van der Waals surface area (Å²) in [5, 5.41) is 2.75. The van der Waals surface area contributed by atoms with Gasteiger partial charge in [-0.25, -0.2) is 9.37 Å². The normalized spacial score (nSPS) is 13.8. The molecule has 2 aromatic heterocycles. The van der Waals surface area contributed by atoms with Crippen molar-refractivity contribution >= 4 is 17.4 Å². The Morgan fingerprint density at radius 2 is 1.88 bits per heavy atom. The second kappa shape index (κ2) is 7.00. The van der Waals surface area contributed by atoms with Crippen molar-refractivity contribution in [3.05, 3.63) is 66.3 Å². The van der Waals surface area contributed by atoms with E-state index in [9.17, 15) is 9.18 Å². The van der Waals surface area contributed by atoms with Gasteiger partial charge in [0, 0.05) is 13.1 Å². The fourth-order valence-corrected chi connectivity index (χ4v) is 3.05. The summed E-state index contributed by atoms with van der Waals surface area (Å²) in [5.41, 5.74) is 0.907. The maximum Gasteiger partial charge on any atom is 0.291 e. The molecule has 1 N–H and O–H groups in total. The molecule has 1 fully saturated rings. The quantitative estimate of drug-likeness (QED) is 0.760. The Morgan fingerprint density at radius 1 is 1.08 bits per heavy atom. The van der Waals surface area contributed by atoms with Crippen LogP contribution in [0, 0.1) is 5.82 Å². The zero-order valence-corrected chi connectivity index (χ0v) is 14.1. The molecule has 3 heterocycles. The van der Waals surface area contributed by atoms with E-state index in [1.165, 1.54) is 25.0 Å². The number of rotatable bonds is 4. The van der Waals surface area contributed by atoms with Gasteiger partial charge in [0.2, 0.25) is 0 Å². The molecule has 4 rings (SSSR count). The Hall–Kier alpha value is -3.15. The molecule has 0 bridgehead atoms. The summed E-state index contributed by atoms with van der Waals surface area (Å²) in [4.78, 5) is 19.0. The lowest BCUT2D eigenvalue weighted by Gasteiger charge is -2.16. The summed E-state index contributed by atoms with van der Waals surface area (Å²) in [5.74, 6) is 0.557. The highest BCUT2D eigenvalue weighted by molar-refractivity contribution is 6.02. The third-order valence-corrected chi connectivity index (χ3v) is 4.40. The molecule has 1 aliphatic heterocycles. The van der Waals surface area contributed by atoms with Crippen molar-refractivity contribution in [2.75, 3.05) is 23.3 Å². The molecule has 5 nitrogen and oxygen atoms in total. The first-order chi connectivity index (χ1) is 12.7. The van der Waals surface area contributed by atoms with Crippen molar-refractivity contribution in [2.24, 2.45) is 0 Å². The van der Waals surface area contributed by atoms with Gasteiger partial charge in [-0.1, -0.05) is 12.1 Å². The fourth-order valence-electron chi connectivity index (χ4n) is 3.05. The molecule has 0 atom stereocenters. The summed E-state index contributed by atoms with van der Waals surface area (Å²) >= 11 is 0. The topological polar surface area (TPSA) is 58.4 Å². The van der Waals surface area contributed by atoms with Crippen LogP contribution in [-0.4, -0.2) is 24.0 Å². The minimum atomic E-state index is -0.400. The Balaban J connectivity index is 1.46. The average Bonchev–Trinajstić information content (AvgIpc) is 3.35. The van der Waals surface area contributed by atoms with Crippen LogP contribution >= 0.6 is 0 Å². The number of anilines is 2. The van der Waals surface area contributed by atoms with E-state index in [2.05, 4.69) is 15.2 Å². The second-order valence-corrected chi connectivity index (χ2v) is 6.20. The first-order valence-electron chi connectivity index (χ1n) is 8.58. The molecule has 0 unspecified atom stereocenters. The van der Waals surface area contributed by atoms with Crippen LogP contribution in [0.3, 0.4) is 0 Å². The lowest BCUT2D eigenvalue weighted by molar-refractivity contribution is 0.0997. The molecule has 1 aliphatic rings. The highest BCUT2D eigenvalue weighted by Crippen LogP contribution is 2.25. The number of nitrogens with zero attached hydrogens (tertiary/aromatic N) is 2. The van der Waals surface area contributed by atoms with Crippen molar-refractivity contribution in [3.8, 4) is 11.3 Å². The molecule has 0 saturated carbocycles. The molecule has 6 heteroatoms. The van der Waals surface area contributed by atoms with Gasteiger partial charge < -0.3 is 14.6 Å². The predicted octanol–water partition coefficient (Wildman–Crippen LogP) is 4.33. The third-order valence-electron chi connectivity index (χ3n) is 4.40. The summed E-state index contributed by atoms with van der Waals surface area (Å²) in [6.45, 7) is 2.04. The first-order valence-corrected chi connectivity index (χ1v) is 8.58. The third kappa shape index (κ3) is 3.31. The lowest BCUT2D eigenvalue weighted by atomic mass is 10.1. The molecule has 1 amide bonds. The van der Waals surface area contributed by atoms with Gasteiger partial charge >= 0.3 is 0 Å². The molecular formula is C20H18FN3O2. The zero-order chi connectivity index (χ0) is 17.9. The van der Waals surface area contributed by atoms with Gasteiger partial charge in [0.1, 0.15) is 17.4 Å². The molecule has 3 aromatic rings. The molecule has 0 aliphatic carbocycles. The highest BCUT2D eigenvalue weighted by atomic mass is 19.1. The van der Waals surface area contributed by atoms with Crippen molar-refractivity contribution in [1.82, 2.24) is 4.98 Å². The number of amides is 1. The van der Waals surface area contributed by atoms with Crippen LogP contribution in [0.2, 0.25) is 0 Å². The van der Waals surface area contributed by atoms with Gasteiger partial charge in [0.05, 0.1) is 17.4 Å². The SMILES string of the molecule is O=C(Nc1ccc(N2CCCC2)nc1)c1ccc(-c2ccccc2F)o1. The van der Waals surface area contributed by atoms with Gasteiger partial charge in [0.25, 0.3) is 5.91 Å². The molecule has 0 radical (unpaired) electrons. The summed E-state index contributed by atoms with van der Waals surface area (Å²) in [6, 6.07) is 13.1. The van der Waals surface area contributed by atoms with Gasteiger partial charge in [-0.3, -0.25) is 4.79 Å². The number of halogens is 1. The van der Waals surface area contributed by atoms with E-state index in [4.69, 9.17) is 4.42 Å². The van der Waals surface area contributed by atoms with Crippen molar-refractivity contribution in [3.63, 3.8) is 0 Å². The molecule has 0 spiro atoms. The van der Waals surface area contributed by atoms with Gasteiger partial charge in [-0.15, -0.1) is 0 Å². The van der Waals surface area contributed by atoms with E-state index in [1.54, 1.807) is 30.5 Å². The van der Waals surface area contributed by atoms with Crippen LogP contribution in [0.25, 0.3) is 11.3 Å². The van der Waals surface area contributed by atoms with E-state index < -0.39 is 11.7 Å². The zero-order valence-electron chi connectivity index (χ0n) is 14.1. The van der Waals surface area contributed by atoms with Crippen LogP contribution in [0.15, 0.2) is 59.1 Å². The smallest absolute Gasteiger partial charge is 0.291 e. The molecule has 1 saturated heterocycles. The van der Waals surface area contributed by atoms with E-state index in [0.29, 0.717) is 17.0 Å². The largest absolute Gasteiger partial charge is 0.451 e. The van der Waals surface area contributed by atoms with Crippen LogP contribution in [0.5, 0.6) is 0 Å². The van der Waals surface area contributed by atoms with Gasteiger partial charge in [-0.2, -0.15) is 0 Å². The summed E-state index contributed by atoms with van der Waals surface area (Å²) < 4.78 is 19.3. The Kier molecular flexibility index (Phi) is 4.39. The highest BCUT2D eigenvalue weighted by Gasteiger charge is 2.16. The molecule has 26 heavy (non-hydrogen) atoms. The van der Waals surface area contributed by atoms with Crippen LogP contribution in [-0.2, 0) is 0 Å². The molecular weight excluding hydrogens is 333 g/mol. The Morgan fingerprint density at radius 3 is 2.62 bits per heavy atom. The Bertz CT molecular complexity index is 915. The van der Waals surface area contributed by atoms with Crippen molar-refractivity contribution in [1.29, 1.82) is 0 Å². The number of hydrogen-bond donors (Lipinski definition) is 1. The maximum absolute atomic E-state index is 13.8. The van der Waals surface area contributed by atoms with Gasteiger partial charge in [0.15, 0.2) is 5.76 Å². The van der Waals surface area contributed by atoms with Crippen LogP contribution in [0.4, 0.5) is 15.9 Å². The average molecular weight is 351 g/mol. The maximum atomic E-state index is 13.8. The number of carbonyl (C=O) groups excluding carboxylic acids is 1. The van der Waals surface area contributed by atoms with Crippen LogP contribution in [0.1, 0.15) is 23.4 Å². The number of pyridine rings is 1. The monoisotopic (exact) mass is 351 g/mol. The minimum Gasteiger partial charge on any atom is -0.451 e. The number of carbonyl (C=O) groups is 1. The number of nitrogens with one attached hydrogen (secondary N) is 1. The Labute approximate surface area is 150 Å². The summed E-state index contributed by atoms with van der Waals surface area (Å²) in [7, 11) is 0. The van der Waals surface area contributed by atoms with Crippen molar-refractivity contribution in [2.45, 2.75) is 12.8 Å². The van der Waals surface area contributed by atoms with E-state index in [1.807, 2.05) is 12.1 Å². The summed E-state index contributed by atoms with van der Waals surface area (Å²) in [6.07, 6.45) is 4.00. The number of hydrogen-bond acceptors (Lipinski definition) is 4. The number of furan rings is 1. The van der Waals surface area contributed by atoms with E-state index in [-0.39, 0.29) is 5.76 Å².